The topological polar surface area (TPSA) is 12.4 Å². The van der Waals surface area contributed by atoms with Crippen LogP contribution in [-0.4, -0.2) is 17.3 Å². The Hall–Kier alpha value is 0.0200. The van der Waals surface area contributed by atoms with Crippen molar-refractivity contribution in [3.8, 4) is 0 Å². The van der Waals surface area contributed by atoms with Crippen LogP contribution in [0.2, 0.25) is 0 Å². The summed E-state index contributed by atoms with van der Waals surface area (Å²) < 4.78 is 0. The van der Waals surface area contributed by atoms with Gasteiger partial charge in [0.1, 0.15) is 0 Å². The number of hydrogen-bond acceptors (Lipinski definition) is 2. The zero-order chi connectivity index (χ0) is 9.10. The molecule has 74 valence electrons. The van der Waals surface area contributed by atoms with Crippen molar-refractivity contribution in [2.24, 2.45) is 16.8 Å². The van der Waals surface area contributed by atoms with Crippen molar-refractivity contribution in [2.45, 2.75) is 39.0 Å². The fraction of sp³-hybridized carbons (Fsp3) is 0.909. The van der Waals surface area contributed by atoms with Crippen molar-refractivity contribution in [3.05, 3.63) is 0 Å². The summed E-state index contributed by atoms with van der Waals surface area (Å²) in [6.07, 6.45) is 7.33. The molecule has 1 fully saturated rings. The Labute approximate surface area is 85.4 Å². The molecule has 2 heteroatoms. The molecule has 0 aromatic heterocycles. The van der Waals surface area contributed by atoms with Crippen molar-refractivity contribution in [2.75, 3.05) is 12.3 Å². The summed E-state index contributed by atoms with van der Waals surface area (Å²) in [6.45, 7) is 3.36. The van der Waals surface area contributed by atoms with E-state index in [4.69, 9.17) is 0 Å². The van der Waals surface area contributed by atoms with E-state index in [1.54, 1.807) is 0 Å². The SMILES string of the molecule is CCSC1=NCC1C1CCCCC1. The van der Waals surface area contributed by atoms with Gasteiger partial charge >= 0.3 is 0 Å². The lowest BCUT2D eigenvalue weighted by Gasteiger charge is -2.34. The summed E-state index contributed by atoms with van der Waals surface area (Å²) >= 11 is 1.97. The highest BCUT2D eigenvalue weighted by Crippen LogP contribution is 2.37. The predicted octanol–water partition coefficient (Wildman–Crippen LogP) is 3.35. The van der Waals surface area contributed by atoms with Gasteiger partial charge in [0.2, 0.25) is 0 Å². The average Bonchev–Trinajstić information content (AvgIpc) is 2.14. The molecule has 2 rings (SSSR count). The molecule has 0 bridgehead atoms. The molecule has 0 N–H and O–H groups in total. The highest BCUT2D eigenvalue weighted by molar-refractivity contribution is 8.14. The Morgan fingerprint density at radius 3 is 2.62 bits per heavy atom. The van der Waals surface area contributed by atoms with E-state index in [1.165, 1.54) is 42.9 Å². The van der Waals surface area contributed by atoms with Gasteiger partial charge in [-0.1, -0.05) is 26.2 Å². The first-order valence-electron chi connectivity index (χ1n) is 5.59. The third kappa shape index (κ3) is 2.09. The Kier molecular flexibility index (Phi) is 3.31. The van der Waals surface area contributed by atoms with E-state index >= 15 is 0 Å². The molecule has 0 saturated heterocycles. The Balaban J connectivity index is 1.84. The van der Waals surface area contributed by atoms with Crippen LogP contribution in [0.25, 0.3) is 0 Å². The molecule has 0 aromatic rings. The molecule has 0 amide bonds. The molecule has 2 aliphatic rings. The number of rotatable bonds is 2. The van der Waals surface area contributed by atoms with Crippen LogP contribution in [0, 0.1) is 11.8 Å². The summed E-state index contributed by atoms with van der Waals surface area (Å²) in [4.78, 5) is 4.50. The van der Waals surface area contributed by atoms with Crippen LogP contribution >= 0.6 is 11.8 Å². The van der Waals surface area contributed by atoms with Crippen LogP contribution in [0.5, 0.6) is 0 Å². The first kappa shape index (κ1) is 9.57. The maximum Gasteiger partial charge on any atom is 0.0728 e. The molecule has 0 aromatic carbocycles. The molecule has 1 saturated carbocycles. The maximum atomic E-state index is 4.50. The van der Waals surface area contributed by atoms with Crippen LogP contribution in [-0.2, 0) is 0 Å². The minimum absolute atomic E-state index is 0.866. The van der Waals surface area contributed by atoms with Gasteiger partial charge in [-0.25, -0.2) is 0 Å². The van der Waals surface area contributed by atoms with E-state index in [0.717, 1.165) is 18.4 Å². The minimum Gasteiger partial charge on any atom is -0.282 e. The van der Waals surface area contributed by atoms with Crippen molar-refractivity contribution >= 4 is 16.8 Å². The van der Waals surface area contributed by atoms with Crippen LogP contribution < -0.4 is 0 Å². The molecule has 1 nitrogen and oxygen atoms in total. The second-order valence-corrected chi connectivity index (χ2v) is 5.40. The van der Waals surface area contributed by atoms with Gasteiger partial charge in [0.25, 0.3) is 0 Å². The highest BCUT2D eigenvalue weighted by atomic mass is 32.2. The molecule has 1 atom stereocenters. The first-order chi connectivity index (χ1) is 6.42. The molecule has 13 heavy (non-hydrogen) atoms. The third-order valence-electron chi connectivity index (χ3n) is 3.27. The van der Waals surface area contributed by atoms with E-state index in [0.29, 0.717) is 0 Å². The fourth-order valence-electron chi connectivity index (χ4n) is 2.46. The lowest BCUT2D eigenvalue weighted by atomic mass is 9.79. The van der Waals surface area contributed by atoms with Gasteiger partial charge in [-0.3, -0.25) is 4.99 Å². The smallest absolute Gasteiger partial charge is 0.0728 e. The quantitative estimate of drug-likeness (QED) is 0.661. The molecular formula is C11H19NS. The van der Waals surface area contributed by atoms with Crippen LogP contribution in [0.4, 0.5) is 0 Å². The lowest BCUT2D eigenvalue weighted by molar-refractivity contribution is 0.293. The van der Waals surface area contributed by atoms with Crippen molar-refractivity contribution in [3.63, 3.8) is 0 Å². The second-order valence-electron chi connectivity index (χ2n) is 4.12. The fourth-order valence-corrected chi connectivity index (χ4v) is 3.40. The van der Waals surface area contributed by atoms with Crippen LogP contribution in [0.3, 0.4) is 0 Å². The molecular weight excluding hydrogens is 178 g/mol. The summed E-state index contributed by atoms with van der Waals surface area (Å²) in [5.74, 6) is 3.05. The van der Waals surface area contributed by atoms with Gasteiger partial charge in [-0.15, -0.1) is 11.8 Å². The van der Waals surface area contributed by atoms with E-state index < -0.39 is 0 Å². The summed E-state index contributed by atoms with van der Waals surface area (Å²) in [5.41, 5.74) is 0. The van der Waals surface area contributed by atoms with Gasteiger partial charge in [0.05, 0.1) is 5.04 Å². The monoisotopic (exact) mass is 197 g/mol. The molecule has 1 aliphatic heterocycles. The normalized spacial score (nSPS) is 29.6. The molecule has 0 radical (unpaired) electrons. The largest absolute Gasteiger partial charge is 0.282 e. The van der Waals surface area contributed by atoms with Gasteiger partial charge in [0, 0.05) is 12.5 Å². The standard InChI is InChI=1S/C11H19NS/c1-2-13-11-10(8-12-11)9-6-4-3-5-7-9/h9-10H,2-8H2,1H3. The number of hydrogen-bond donors (Lipinski definition) is 0. The lowest BCUT2D eigenvalue weighted by Crippen LogP contribution is -2.33. The maximum absolute atomic E-state index is 4.50. The van der Waals surface area contributed by atoms with E-state index in [2.05, 4.69) is 11.9 Å². The molecule has 1 heterocycles. The molecule has 1 aliphatic carbocycles. The van der Waals surface area contributed by atoms with Gasteiger partial charge in [-0.05, 0) is 24.5 Å². The second kappa shape index (κ2) is 4.50. The average molecular weight is 197 g/mol. The van der Waals surface area contributed by atoms with Crippen LogP contribution in [0.1, 0.15) is 39.0 Å². The predicted molar refractivity (Wildman–Crippen MR) is 60.5 cm³/mol. The zero-order valence-corrected chi connectivity index (χ0v) is 9.28. The Morgan fingerprint density at radius 1 is 1.31 bits per heavy atom. The summed E-state index contributed by atoms with van der Waals surface area (Å²) in [6, 6.07) is 0. The number of thioether (sulfide) groups is 1. The van der Waals surface area contributed by atoms with Crippen molar-refractivity contribution < 1.29 is 0 Å². The van der Waals surface area contributed by atoms with E-state index in [-0.39, 0.29) is 0 Å². The molecule has 0 spiro atoms. The summed E-state index contributed by atoms with van der Waals surface area (Å²) in [5, 5.41) is 1.47. The highest BCUT2D eigenvalue weighted by Gasteiger charge is 2.32. The van der Waals surface area contributed by atoms with Gasteiger partial charge < -0.3 is 0 Å². The molecule has 1 unspecified atom stereocenters. The first-order valence-corrected chi connectivity index (χ1v) is 6.57. The van der Waals surface area contributed by atoms with Crippen molar-refractivity contribution in [1.29, 1.82) is 0 Å². The van der Waals surface area contributed by atoms with Crippen molar-refractivity contribution in [1.82, 2.24) is 0 Å². The third-order valence-corrected chi connectivity index (χ3v) is 4.29. The van der Waals surface area contributed by atoms with E-state index in [1.807, 2.05) is 11.8 Å². The summed E-state index contributed by atoms with van der Waals surface area (Å²) in [7, 11) is 0. The number of aliphatic imine (C=N–C) groups is 1. The van der Waals surface area contributed by atoms with Crippen LogP contribution in [0.15, 0.2) is 4.99 Å². The Bertz CT molecular complexity index is 194. The van der Waals surface area contributed by atoms with Gasteiger partial charge in [0.15, 0.2) is 0 Å². The Morgan fingerprint density at radius 2 is 2.08 bits per heavy atom. The van der Waals surface area contributed by atoms with E-state index in [9.17, 15) is 0 Å². The zero-order valence-electron chi connectivity index (χ0n) is 8.46. The minimum atomic E-state index is 0.866. The van der Waals surface area contributed by atoms with Gasteiger partial charge in [-0.2, -0.15) is 0 Å². The number of nitrogens with zero attached hydrogens (tertiary/aromatic N) is 1.